The number of fused-ring (bicyclic) bond motifs is 1. The van der Waals surface area contributed by atoms with Crippen molar-refractivity contribution >= 4 is 23.2 Å². The summed E-state index contributed by atoms with van der Waals surface area (Å²) in [5, 5.41) is 0.730. The highest BCUT2D eigenvalue weighted by atomic mass is 35.5. The number of ether oxygens (including phenoxy) is 1. The summed E-state index contributed by atoms with van der Waals surface area (Å²) < 4.78 is 5.08. The average Bonchev–Trinajstić information content (AvgIpc) is 2.93. The van der Waals surface area contributed by atoms with Crippen LogP contribution in [0.2, 0.25) is 5.02 Å². The summed E-state index contributed by atoms with van der Waals surface area (Å²) >= 11 is 6.18. The minimum atomic E-state index is 0.0595. The van der Waals surface area contributed by atoms with Crippen molar-refractivity contribution in [2.45, 2.75) is 12.8 Å². The molecule has 1 aliphatic rings. The fourth-order valence-corrected chi connectivity index (χ4v) is 2.86. The third-order valence-electron chi connectivity index (χ3n) is 3.64. The molecule has 0 saturated carbocycles. The van der Waals surface area contributed by atoms with Crippen LogP contribution < -0.4 is 9.64 Å². The zero-order chi connectivity index (χ0) is 14.8. The molecule has 5 heteroatoms. The summed E-state index contributed by atoms with van der Waals surface area (Å²) in [6.07, 6.45) is 2.78. The average molecular weight is 303 g/mol. The number of halogens is 1. The first-order valence-corrected chi connectivity index (χ1v) is 7.13. The zero-order valence-electron chi connectivity index (χ0n) is 11.7. The molecule has 108 valence electrons. The number of hydrogen-bond acceptors (Lipinski definition) is 3. The first-order valence-electron chi connectivity index (χ1n) is 6.75. The van der Waals surface area contributed by atoms with Gasteiger partial charge >= 0.3 is 0 Å². The maximum atomic E-state index is 12.5. The molecule has 0 N–H and O–H groups in total. The van der Waals surface area contributed by atoms with Gasteiger partial charge in [0.1, 0.15) is 0 Å². The van der Waals surface area contributed by atoms with E-state index in [-0.39, 0.29) is 5.91 Å². The van der Waals surface area contributed by atoms with Crippen molar-refractivity contribution in [2.75, 3.05) is 18.6 Å². The number of anilines is 1. The van der Waals surface area contributed by atoms with Crippen molar-refractivity contribution in [3.63, 3.8) is 0 Å². The van der Waals surface area contributed by atoms with Gasteiger partial charge in [0.25, 0.3) is 0 Å². The highest BCUT2D eigenvalue weighted by Crippen LogP contribution is 2.33. The lowest BCUT2D eigenvalue weighted by atomic mass is 10.1. The second-order valence-electron chi connectivity index (χ2n) is 4.92. The van der Waals surface area contributed by atoms with Gasteiger partial charge in [0.05, 0.1) is 13.5 Å². The summed E-state index contributed by atoms with van der Waals surface area (Å²) in [5.74, 6) is 0.578. The Morgan fingerprint density at radius 2 is 2.29 bits per heavy atom. The van der Waals surface area contributed by atoms with Gasteiger partial charge in [-0.25, -0.2) is 4.98 Å². The lowest BCUT2D eigenvalue weighted by Gasteiger charge is -2.17. The summed E-state index contributed by atoms with van der Waals surface area (Å²) in [6.45, 7) is 0.681. The molecule has 3 rings (SSSR count). The lowest BCUT2D eigenvalue weighted by Crippen LogP contribution is -2.30. The molecule has 1 aromatic heterocycles. The third-order valence-corrected chi connectivity index (χ3v) is 3.99. The number of nitrogens with zero attached hydrogens (tertiary/aromatic N) is 2. The Morgan fingerprint density at radius 3 is 3.10 bits per heavy atom. The van der Waals surface area contributed by atoms with Crippen molar-refractivity contribution in [1.29, 1.82) is 0 Å². The highest BCUT2D eigenvalue weighted by molar-refractivity contribution is 6.32. The van der Waals surface area contributed by atoms with E-state index in [2.05, 4.69) is 4.98 Å². The number of carbonyl (C=O) groups is 1. The van der Waals surface area contributed by atoms with Crippen LogP contribution in [0.5, 0.6) is 5.88 Å². The zero-order valence-corrected chi connectivity index (χ0v) is 12.4. The molecule has 0 radical (unpaired) electrons. The summed E-state index contributed by atoms with van der Waals surface area (Å²) in [6, 6.07) is 9.30. The monoisotopic (exact) mass is 302 g/mol. The fourth-order valence-electron chi connectivity index (χ4n) is 2.59. The van der Waals surface area contributed by atoms with Crippen LogP contribution in [0.4, 0.5) is 5.69 Å². The maximum Gasteiger partial charge on any atom is 0.231 e. The number of rotatable bonds is 3. The number of methoxy groups -OCH3 is 1. The number of hydrogen-bond donors (Lipinski definition) is 0. The quantitative estimate of drug-likeness (QED) is 0.875. The maximum absolute atomic E-state index is 12.5. The van der Waals surface area contributed by atoms with Gasteiger partial charge in [0, 0.05) is 29.5 Å². The van der Waals surface area contributed by atoms with Gasteiger partial charge in [-0.05, 0) is 35.7 Å². The first-order chi connectivity index (χ1) is 10.2. The molecule has 2 aromatic rings. The van der Waals surface area contributed by atoms with Crippen LogP contribution >= 0.6 is 11.6 Å². The molecule has 1 aromatic carbocycles. The topological polar surface area (TPSA) is 42.4 Å². The van der Waals surface area contributed by atoms with E-state index >= 15 is 0 Å². The van der Waals surface area contributed by atoms with Gasteiger partial charge in [-0.2, -0.15) is 0 Å². The summed E-state index contributed by atoms with van der Waals surface area (Å²) in [7, 11) is 1.56. The van der Waals surface area contributed by atoms with Crippen molar-refractivity contribution in [3.8, 4) is 5.88 Å². The lowest BCUT2D eigenvalue weighted by molar-refractivity contribution is -0.117. The minimum Gasteiger partial charge on any atom is -0.481 e. The molecule has 0 aliphatic carbocycles. The van der Waals surface area contributed by atoms with E-state index in [0.717, 1.165) is 28.3 Å². The number of benzene rings is 1. The normalized spacial score (nSPS) is 13.1. The molecule has 0 atom stereocenters. The second-order valence-corrected chi connectivity index (χ2v) is 5.32. The van der Waals surface area contributed by atoms with E-state index in [1.807, 2.05) is 24.3 Å². The smallest absolute Gasteiger partial charge is 0.231 e. The Balaban J connectivity index is 1.80. The van der Waals surface area contributed by atoms with Gasteiger partial charge in [-0.3, -0.25) is 4.79 Å². The Bertz CT molecular complexity index is 688. The Kier molecular flexibility index (Phi) is 3.80. The van der Waals surface area contributed by atoms with E-state index in [0.29, 0.717) is 18.8 Å². The molecule has 0 unspecified atom stereocenters. The fraction of sp³-hybridized carbons (Fsp3) is 0.250. The van der Waals surface area contributed by atoms with Gasteiger partial charge < -0.3 is 9.64 Å². The molecule has 2 heterocycles. The predicted octanol–water partition coefficient (Wildman–Crippen LogP) is 2.88. The number of carbonyl (C=O) groups excluding carboxylic acids is 1. The van der Waals surface area contributed by atoms with Crippen molar-refractivity contribution in [3.05, 3.63) is 52.7 Å². The van der Waals surface area contributed by atoms with Crippen molar-refractivity contribution < 1.29 is 9.53 Å². The molecule has 1 aliphatic heterocycles. The van der Waals surface area contributed by atoms with Crippen LogP contribution in [-0.4, -0.2) is 24.5 Å². The third kappa shape index (κ3) is 2.72. The van der Waals surface area contributed by atoms with Crippen LogP contribution in [0.15, 0.2) is 36.5 Å². The number of pyridine rings is 1. The van der Waals surface area contributed by atoms with Gasteiger partial charge in [-0.15, -0.1) is 0 Å². The standard InChI is InChI=1S/C16H15ClN2O2/c1-21-15-9-11(5-7-18-15)10-16(20)19-8-6-12-13(17)3-2-4-14(12)19/h2-5,7,9H,6,8,10H2,1H3. The van der Waals surface area contributed by atoms with Gasteiger partial charge in [0.15, 0.2) is 0 Å². The largest absolute Gasteiger partial charge is 0.481 e. The Labute approximate surface area is 128 Å². The van der Waals surface area contributed by atoms with Crippen molar-refractivity contribution in [1.82, 2.24) is 4.98 Å². The van der Waals surface area contributed by atoms with Crippen LogP contribution in [0.3, 0.4) is 0 Å². The van der Waals surface area contributed by atoms with E-state index < -0.39 is 0 Å². The predicted molar refractivity (Wildman–Crippen MR) is 82.0 cm³/mol. The summed E-state index contributed by atoms with van der Waals surface area (Å²) in [5.41, 5.74) is 2.87. The summed E-state index contributed by atoms with van der Waals surface area (Å²) in [4.78, 5) is 18.4. The SMILES string of the molecule is COc1cc(CC(=O)N2CCc3c(Cl)cccc32)ccn1. The Morgan fingerprint density at radius 1 is 1.43 bits per heavy atom. The molecule has 4 nitrogen and oxygen atoms in total. The molecular weight excluding hydrogens is 288 g/mol. The van der Waals surface area contributed by atoms with E-state index in [1.54, 1.807) is 24.3 Å². The van der Waals surface area contributed by atoms with Crippen molar-refractivity contribution in [2.24, 2.45) is 0 Å². The second kappa shape index (κ2) is 5.74. The molecule has 21 heavy (non-hydrogen) atoms. The van der Waals surface area contributed by atoms with Crippen LogP contribution in [0.25, 0.3) is 0 Å². The van der Waals surface area contributed by atoms with Crippen LogP contribution in [0.1, 0.15) is 11.1 Å². The first kappa shape index (κ1) is 13.9. The molecule has 0 bridgehead atoms. The van der Waals surface area contributed by atoms with Crippen LogP contribution in [0, 0.1) is 0 Å². The Hall–Kier alpha value is -2.07. The number of amides is 1. The van der Waals surface area contributed by atoms with E-state index in [1.165, 1.54) is 0 Å². The number of aromatic nitrogens is 1. The molecule has 0 saturated heterocycles. The minimum absolute atomic E-state index is 0.0595. The van der Waals surface area contributed by atoms with E-state index in [9.17, 15) is 4.79 Å². The van der Waals surface area contributed by atoms with E-state index in [4.69, 9.17) is 16.3 Å². The van der Waals surface area contributed by atoms with Crippen LogP contribution in [-0.2, 0) is 17.6 Å². The molecule has 0 fully saturated rings. The van der Waals surface area contributed by atoms with Gasteiger partial charge in [0.2, 0.25) is 11.8 Å². The highest BCUT2D eigenvalue weighted by Gasteiger charge is 2.26. The van der Waals surface area contributed by atoms with Gasteiger partial charge in [-0.1, -0.05) is 17.7 Å². The molecule has 0 spiro atoms. The molecule has 1 amide bonds. The molecular formula is C16H15ClN2O2.